The SMILES string of the molecule is CN(C)CC(C)(C)CC(=O)O. The van der Waals surface area contributed by atoms with Crippen LogP contribution in [0.4, 0.5) is 0 Å². The van der Waals surface area contributed by atoms with E-state index in [4.69, 9.17) is 5.11 Å². The number of carbonyl (C=O) groups is 1. The zero-order valence-corrected chi connectivity index (χ0v) is 7.72. The molecule has 0 aromatic heterocycles. The second-order valence-electron chi connectivity index (χ2n) is 3.97. The van der Waals surface area contributed by atoms with Crippen LogP contribution in [0.25, 0.3) is 0 Å². The molecule has 0 bridgehead atoms. The average Bonchev–Trinajstić information content (AvgIpc) is 1.53. The molecule has 0 saturated heterocycles. The Bertz CT molecular complexity index is 141. The summed E-state index contributed by atoms with van der Waals surface area (Å²) in [5, 5.41) is 8.54. The Morgan fingerprint density at radius 2 is 1.91 bits per heavy atom. The first-order chi connectivity index (χ1) is 4.83. The lowest BCUT2D eigenvalue weighted by molar-refractivity contribution is -0.139. The van der Waals surface area contributed by atoms with Crippen molar-refractivity contribution in [2.24, 2.45) is 5.41 Å². The van der Waals surface area contributed by atoms with Crippen LogP contribution in [0, 0.1) is 5.41 Å². The number of carboxylic acids is 1. The van der Waals surface area contributed by atoms with E-state index in [9.17, 15) is 4.79 Å². The molecular formula is C8H17NO2. The Morgan fingerprint density at radius 3 is 2.18 bits per heavy atom. The van der Waals surface area contributed by atoms with Crippen molar-refractivity contribution in [3.63, 3.8) is 0 Å². The summed E-state index contributed by atoms with van der Waals surface area (Å²) in [6, 6.07) is 0. The number of aliphatic carboxylic acids is 1. The van der Waals surface area contributed by atoms with Gasteiger partial charge in [0.15, 0.2) is 0 Å². The second kappa shape index (κ2) is 3.72. The molecule has 66 valence electrons. The van der Waals surface area contributed by atoms with E-state index in [2.05, 4.69) is 0 Å². The molecule has 0 aromatic carbocycles. The van der Waals surface area contributed by atoms with E-state index in [1.54, 1.807) is 0 Å². The van der Waals surface area contributed by atoms with Crippen molar-refractivity contribution in [2.45, 2.75) is 20.3 Å². The van der Waals surface area contributed by atoms with Gasteiger partial charge in [0.25, 0.3) is 0 Å². The highest BCUT2D eigenvalue weighted by Crippen LogP contribution is 2.20. The molecule has 11 heavy (non-hydrogen) atoms. The van der Waals surface area contributed by atoms with Crippen LogP contribution >= 0.6 is 0 Å². The molecule has 0 fully saturated rings. The zero-order chi connectivity index (χ0) is 9.07. The third-order valence-electron chi connectivity index (χ3n) is 1.37. The lowest BCUT2D eigenvalue weighted by Gasteiger charge is -2.26. The fraction of sp³-hybridized carbons (Fsp3) is 0.875. The van der Waals surface area contributed by atoms with Crippen molar-refractivity contribution in [1.29, 1.82) is 0 Å². The Balaban J connectivity index is 3.89. The van der Waals surface area contributed by atoms with E-state index in [1.807, 2.05) is 32.8 Å². The van der Waals surface area contributed by atoms with Crippen LogP contribution in [-0.2, 0) is 4.79 Å². The maximum atomic E-state index is 10.4. The minimum atomic E-state index is -0.725. The molecule has 0 rings (SSSR count). The molecule has 0 amide bonds. The van der Waals surface area contributed by atoms with Crippen molar-refractivity contribution >= 4 is 5.97 Å². The highest BCUT2D eigenvalue weighted by Gasteiger charge is 2.21. The first-order valence-corrected chi connectivity index (χ1v) is 3.70. The van der Waals surface area contributed by atoms with Crippen LogP contribution in [0.3, 0.4) is 0 Å². The molecule has 0 unspecified atom stereocenters. The summed E-state index contributed by atoms with van der Waals surface area (Å²) in [7, 11) is 3.90. The lowest BCUT2D eigenvalue weighted by Crippen LogP contribution is -2.30. The third-order valence-corrected chi connectivity index (χ3v) is 1.37. The van der Waals surface area contributed by atoms with Gasteiger partial charge in [0.05, 0.1) is 6.42 Å². The summed E-state index contributed by atoms with van der Waals surface area (Å²) in [5.41, 5.74) is -0.130. The predicted octanol–water partition coefficient (Wildman–Crippen LogP) is 1.05. The highest BCUT2D eigenvalue weighted by molar-refractivity contribution is 5.67. The van der Waals surface area contributed by atoms with Crippen molar-refractivity contribution in [2.75, 3.05) is 20.6 Å². The summed E-state index contributed by atoms with van der Waals surface area (Å²) in [4.78, 5) is 12.4. The number of rotatable bonds is 4. The van der Waals surface area contributed by atoms with Gasteiger partial charge in [0.2, 0.25) is 0 Å². The average molecular weight is 159 g/mol. The minimum Gasteiger partial charge on any atom is -0.481 e. The molecule has 1 N–H and O–H groups in total. The van der Waals surface area contributed by atoms with Crippen LogP contribution in [0.5, 0.6) is 0 Å². The Morgan fingerprint density at radius 1 is 1.45 bits per heavy atom. The van der Waals surface area contributed by atoms with Gasteiger partial charge < -0.3 is 10.0 Å². The van der Waals surface area contributed by atoms with E-state index >= 15 is 0 Å². The molecule has 0 aliphatic heterocycles. The second-order valence-corrected chi connectivity index (χ2v) is 3.97. The van der Waals surface area contributed by atoms with Gasteiger partial charge in [0, 0.05) is 6.54 Å². The normalized spacial score (nSPS) is 12.1. The molecule has 0 aliphatic carbocycles. The standard InChI is InChI=1S/C8H17NO2/c1-8(2,5-7(10)11)6-9(3)4/h5-6H2,1-4H3,(H,10,11). The molecule has 0 heterocycles. The van der Waals surface area contributed by atoms with Gasteiger partial charge in [-0.25, -0.2) is 0 Å². The molecule has 0 saturated carbocycles. The third kappa shape index (κ3) is 5.85. The van der Waals surface area contributed by atoms with Gasteiger partial charge in [0.1, 0.15) is 0 Å². The Hall–Kier alpha value is -0.570. The number of nitrogens with zero attached hydrogens (tertiary/aromatic N) is 1. The van der Waals surface area contributed by atoms with Crippen LogP contribution in [0.15, 0.2) is 0 Å². The minimum absolute atomic E-state index is 0.130. The summed E-state index contributed by atoms with van der Waals surface area (Å²) < 4.78 is 0. The number of hydrogen-bond donors (Lipinski definition) is 1. The summed E-state index contributed by atoms with van der Waals surface area (Å²) >= 11 is 0. The van der Waals surface area contributed by atoms with E-state index in [0.717, 1.165) is 6.54 Å². The van der Waals surface area contributed by atoms with Gasteiger partial charge >= 0.3 is 5.97 Å². The van der Waals surface area contributed by atoms with Gasteiger partial charge in [-0.15, -0.1) is 0 Å². The fourth-order valence-electron chi connectivity index (χ4n) is 1.32. The van der Waals surface area contributed by atoms with Crippen molar-refractivity contribution in [3.8, 4) is 0 Å². The van der Waals surface area contributed by atoms with Crippen LogP contribution in [0.2, 0.25) is 0 Å². The molecule has 0 spiro atoms. The van der Waals surface area contributed by atoms with E-state index < -0.39 is 5.97 Å². The van der Waals surface area contributed by atoms with E-state index in [0.29, 0.717) is 0 Å². The molecule has 0 atom stereocenters. The van der Waals surface area contributed by atoms with E-state index in [-0.39, 0.29) is 11.8 Å². The zero-order valence-electron chi connectivity index (χ0n) is 7.72. The van der Waals surface area contributed by atoms with Crippen LogP contribution in [-0.4, -0.2) is 36.6 Å². The van der Waals surface area contributed by atoms with E-state index in [1.165, 1.54) is 0 Å². The van der Waals surface area contributed by atoms with Gasteiger partial charge in [-0.3, -0.25) is 4.79 Å². The van der Waals surface area contributed by atoms with Crippen molar-refractivity contribution in [1.82, 2.24) is 4.90 Å². The molecule has 3 heteroatoms. The summed E-state index contributed by atoms with van der Waals surface area (Å²) in [5.74, 6) is -0.725. The monoisotopic (exact) mass is 159 g/mol. The molecule has 0 radical (unpaired) electrons. The number of carboxylic acid groups (broad SMARTS) is 1. The van der Waals surface area contributed by atoms with Crippen LogP contribution < -0.4 is 0 Å². The first kappa shape index (κ1) is 10.4. The van der Waals surface area contributed by atoms with Gasteiger partial charge in [-0.2, -0.15) is 0 Å². The fourth-order valence-corrected chi connectivity index (χ4v) is 1.32. The van der Waals surface area contributed by atoms with Crippen molar-refractivity contribution in [3.05, 3.63) is 0 Å². The van der Waals surface area contributed by atoms with Gasteiger partial charge in [-0.05, 0) is 19.5 Å². The highest BCUT2D eigenvalue weighted by atomic mass is 16.4. The molecule has 0 aliphatic rings. The van der Waals surface area contributed by atoms with Crippen LogP contribution in [0.1, 0.15) is 20.3 Å². The maximum absolute atomic E-state index is 10.4. The quantitative estimate of drug-likeness (QED) is 0.666. The molecule has 0 aromatic rings. The lowest BCUT2D eigenvalue weighted by atomic mass is 9.89. The number of hydrogen-bond acceptors (Lipinski definition) is 2. The predicted molar refractivity (Wildman–Crippen MR) is 44.6 cm³/mol. The summed E-state index contributed by atoms with van der Waals surface area (Å²) in [6.45, 7) is 4.72. The molecule has 3 nitrogen and oxygen atoms in total. The Labute approximate surface area is 68.0 Å². The van der Waals surface area contributed by atoms with Crippen molar-refractivity contribution < 1.29 is 9.90 Å². The summed E-state index contributed by atoms with van der Waals surface area (Å²) in [6.07, 6.45) is 0.227. The van der Waals surface area contributed by atoms with Gasteiger partial charge in [-0.1, -0.05) is 13.8 Å². The maximum Gasteiger partial charge on any atom is 0.303 e. The topological polar surface area (TPSA) is 40.5 Å². The molecular weight excluding hydrogens is 142 g/mol. The first-order valence-electron chi connectivity index (χ1n) is 3.70. The largest absolute Gasteiger partial charge is 0.481 e. The smallest absolute Gasteiger partial charge is 0.303 e. The Kier molecular flexibility index (Phi) is 3.52.